The topological polar surface area (TPSA) is 276 Å². The van der Waals surface area contributed by atoms with Gasteiger partial charge in [0, 0.05) is 47.3 Å². The molecule has 0 spiro atoms. The number of carbonyl (C=O) groups is 4. The summed E-state index contributed by atoms with van der Waals surface area (Å²) < 4.78 is 75.0. The first-order valence-corrected chi connectivity index (χ1v) is 17.4. The Labute approximate surface area is 278 Å². The molecular formula is C31H28N4O12S2. The Bertz CT molecular complexity index is 2330. The van der Waals surface area contributed by atoms with Crippen molar-refractivity contribution in [1.29, 1.82) is 5.41 Å². The van der Waals surface area contributed by atoms with Crippen molar-refractivity contribution in [2.24, 2.45) is 0 Å². The minimum Gasteiger partial charge on any atom is -0.478 e. The molecule has 2 aromatic carbocycles. The largest absolute Gasteiger partial charge is 0.478 e. The third kappa shape index (κ3) is 6.93. The van der Waals surface area contributed by atoms with E-state index in [2.05, 4.69) is 5.32 Å². The number of fused-ring (bicyclic) bond motifs is 2. The van der Waals surface area contributed by atoms with Crippen LogP contribution in [-0.2, 0) is 29.8 Å². The number of nitrogen functional groups attached to an aromatic ring is 1. The van der Waals surface area contributed by atoms with Crippen molar-refractivity contribution >= 4 is 60.6 Å². The molecule has 3 aliphatic rings. The van der Waals surface area contributed by atoms with Gasteiger partial charge in [0.15, 0.2) is 21.1 Å². The molecule has 0 unspecified atom stereocenters. The minimum absolute atomic E-state index is 0.0520. The molecule has 256 valence electrons. The summed E-state index contributed by atoms with van der Waals surface area (Å²) in [6, 6.07) is 8.16. The lowest BCUT2D eigenvalue weighted by Crippen LogP contribution is -2.30. The number of carboxylic acids is 1. The molecule has 3 amide bonds. The molecule has 0 saturated carbocycles. The first-order valence-electron chi connectivity index (χ1n) is 14.5. The van der Waals surface area contributed by atoms with Gasteiger partial charge in [-0.3, -0.25) is 33.8 Å². The number of hydrogen-bond acceptors (Lipinski definition) is 11. The second kappa shape index (κ2) is 13.2. The van der Waals surface area contributed by atoms with Gasteiger partial charge in [-0.05, 0) is 54.8 Å². The summed E-state index contributed by atoms with van der Waals surface area (Å²) in [6.07, 6.45) is 4.91. The number of amides is 3. The molecule has 49 heavy (non-hydrogen) atoms. The van der Waals surface area contributed by atoms with Crippen LogP contribution in [-0.4, -0.2) is 72.7 Å². The molecule has 0 saturated heterocycles. The van der Waals surface area contributed by atoms with Crippen LogP contribution in [0.4, 0.5) is 5.69 Å². The van der Waals surface area contributed by atoms with Gasteiger partial charge in [0.2, 0.25) is 0 Å². The molecule has 7 N–H and O–H groups in total. The van der Waals surface area contributed by atoms with Crippen molar-refractivity contribution in [2.75, 3.05) is 18.8 Å². The molecule has 1 aliphatic carbocycles. The molecule has 0 aromatic heterocycles. The molecule has 18 heteroatoms. The average Bonchev–Trinajstić information content (AvgIpc) is 3.33. The zero-order chi connectivity index (χ0) is 35.8. The maximum atomic E-state index is 13.0. The van der Waals surface area contributed by atoms with Crippen LogP contribution in [0.15, 0.2) is 68.8 Å². The number of hydrogen-bond donors (Lipinski definition) is 6. The van der Waals surface area contributed by atoms with Crippen molar-refractivity contribution < 1.29 is 54.6 Å². The van der Waals surface area contributed by atoms with E-state index in [4.69, 9.17) is 15.6 Å². The van der Waals surface area contributed by atoms with Crippen LogP contribution < -0.4 is 16.4 Å². The average molecular weight is 713 g/mol. The Morgan fingerprint density at radius 3 is 2.12 bits per heavy atom. The summed E-state index contributed by atoms with van der Waals surface area (Å²) in [7, 11) is -10.3. The van der Waals surface area contributed by atoms with Gasteiger partial charge in [-0.1, -0.05) is 18.9 Å². The minimum atomic E-state index is -5.18. The van der Waals surface area contributed by atoms with Gasteiger partial charge in [0.05, 0.1) is 16.6 Å². The molecule has 2 aromatic rings. The lowest BCUT2D eigenvalue weighted by atomic mass is 9.89. The van der Waals surface area contributed by atoms with E-state index in [0.717, 1.165) is 23.1 Å². The van der Waals surface area contributed by atoms with Crippen LogP contribution in [0.1, 0.15) is 46.4 Å². The van der Waals surface area contributed by atoms with E-state index >= 15 is 0 Å². The fourth-order valence-electron chi connectivity index (χ4n) is 5.58. The SMILES string of the molecule is N=c1ccc2c(-c3ccc(C(=O)NCCCCCCN4C(=O)C=CC4=O)cc3C(=O)O)c3ccc(N)c(S(=O)(=O)O)c3oc-2c1S(=O)(=O)O. The number of anilines is 1. The van der Waals surface area contributed by atoms with E-state index in [1.54, 1.807) is 0 Å². The van der Waals surface area contributed by atoms with Gasteiger partial charge in [-0.2, -0.15) is 16.8 Å². The second-order valence-corrected chi connectivity index (χ2v) is 13.7. The summed E-state index contributed by atoms with van der Waals surface area (Å²) in [5.41, 5.74) is 3.72. The van der Waals surface area contributed by atoms with Gasteiger partial charge >= 0.3 is 5.97 Å². The van der Waals surface area contributed by atoms with Crippen molar-refractivity contribution in [3.05, 3.63) is 71.1 Å². The lowest BCUT2D eigenvalue weighted by molar-refractivity contribution is -0.136. The molecule has 0 atom stereocenters. The van der Waals surface area contributed by atoms with Crippen molar-refractivity contribution in [3.8, 4) is 22.5 Å². The molecule has 2 heterocycles. The Hall–Kier alpha value is -5.43. The zero-order valence-electron chi connectivity index (χ0n) is 25.3. The van der Waals surface area contributed by atoms with Gasteiger partial charge in [0.25, 0.3) is 38.0 Å². The molecule has 5 rings (SSSR count). The number of nitrogens with zero attached hydrogens (tertiary/aromatic N) is 1. The standard InChI is InChI=1S/C31H28N4O12S2/c32-21-9-7-18-25(19-8-10-22(33)29(49(44,45)46)27(19)47-26(18)28(21)48(41,42)43)17-6-5-16(15-20(17)31(39)40)30(38)34-13-3-1-2-4-14-35-23(36)11-12-24(35)37/h5-12,15,32H,1-4,13-14,33H2,(H,34,38)(H,39,40)(H,41,42,43)(H,44,45,46). The van der Waals surface area contributed by atoms with Crippen LogP contribution in [0, 0.1) is 5.41 Å². The predicted molar refractivity (Wildman–Crippen MR) is 172 cm³/mol. The van der Waals surface area contributed by atoms with Crippen molar-refractivity contribution in [3.63, 3.8) is 0 Å². The number of aromatic carboxylic acids is 1. The molecule has 2 aliphatic heterocycles. The first kappa shape index (κ1) is 34.9. The van der Waals surface area contributed by atoms with Gasteiger partial charge in [-0.25, -0.2) is 4.79 Å². The van der Waals surface area contributed by atoms with E-state index in [0.29, 0.717) is 25.7 Å². The summed E-state index contributed by atoms with van der Waals surface area (Å²) in [5.74, 6) is -3.56. The van der Waals surface area contributed by atoms with Crippen molar-refractivity contribution in [2.45, 2.75) is 35.5 Å². The number of carbonyl (C=O) groups excluding carboxylic acids is 3. The normalized spacial score (nSPS) is 13.5. The smallest absolute Gasteiger partial charge is 0.336 e. The lowest BCUT2D eigenvalue weighted by Gasteiger charge is -2.20. The van der Waals surface area contributed by atoms with Gasteiger partial charge in [-0.15, -0.1) is 0 Å². The fraction of sp³-hybridized carbons (Fsp3) is 0.194. The third-order valence-corrected chi connectivity index (χ3v) is 9.65. The number of benzene rings is 3. The summed E-state index contributed by atoms with van der Waals surface area (Å²) in [5, 5.41) is 20.1. The first-order chi connectivity index (χ1) is 23.0. The number of nitrogens with one attached hydrogen (secondary N) is 2. The number of carboxylic acid groups (broad SMARTS) is 1. The molecular weight excluding hydrogens is 684 g/mol. The summed E-state index contributed by atoms with van der Waals surface area (Å²) in [6.45, 7) is 0.516. The third-order valence-electron chi connectivity index (χ3n) is 7.79. The van der Waals surface area contributed by atoms with Crippen molar-refractivity contribution in [1.82, 2.24) is 10.2 Å². The van der Waals surface area contributed by atoms with Gasteiger partial charge in [0.1, 0.15) is 0 Å². The maximum Gasteiger partial charge on any atom is 0.336 e. The second-order valence-electron chi connectivity index (χ2n) is 11.0. The van der Waals surface area contributed by atoms with Crippen LogP contribution in [0.3, 0.4) is 0 Å². The van der Waals surface area contributed by atoms with E-state index in [-0.39, 0.29) is 52.5 Å². The number of unbranched alkanes of at least 4 members (excludes halogenated alkanes) is 3. The quantitative estimate of drug-likeness (QED) is 0.0406. The zero-order valence-corrected chi connectivity index (χ0v) is 26.9. The number of imide groups is 1. The van der Waals surface area contributed by atoms with Crippen LogP contribution >= 0.6 is 0 Å². The number of rotatable bonds is 12. The summed E-state index contributed by atoms with van der Waals surface area (Å²) in [4.78, 5) is 47.9. The predicted octanol–water partition coefficient (Wildman–Crippen LogP) is 2.67. The molecule has 0 radical (unpaired) electrons. The van der Waals surface area contributed by atoms with Crippen LogP contribution in [0.25, 0.3) is 33.4 Å². The Balaban J connectivity index is 1.49. The Kier molecular flexibility index (Phi) is 9.42. The van der Waals surface area contributed by atoms with E-state index in [9.17, 15) is 50.2 Å². The fourth-order valence-corrected chi connectivity index (χ4v) is 7.06. The Morgan fingerprint density at radius 2 is 1.49 bits per heavy atom. The number of nitrogens with two attached hydrogens (primary N) is 1. The highest BCUT2D eigenvalue weighted by Crippen LogP contribution is 2.45. The monoisotopic (exact) mass is 712 g/mol. The van der Waals surface area contributed by atoms with E-state index < -0.39 is 69.9 Å². The van der Waals surface area contributed by atoms with E-state index in [1.165, 1.54) is 36.4 Å². The highest BCUT2D eigenvalue weighted by Gasteiger charge is 2.32. The highest BCUT2D eigenvalue weighted by molar-refractivity contribution is 7.86. The van der Waals surface area contributed by atoms with Crippen LogP contribution in [0.2, 0.25) is 0 Å². The summed E-state index contributed by atoms with van der Waals surface area (Å²) >= 11 is 0. The maximum absolute atomic E-state index is 13.0. The molecule has 16 nitrogen and oxygen atoms in total. The van der Waals surface area contributed by atoms with E-state index in [1.807, 2.05) is 0 Å². The highest BCUT2D eigenvalue weighted by atomic mass is 32.2. The van der Waals surface area contributed by atoms with Crippen LogP contribution in [0.5, 0.6) is 0 Å². The molecule has 0 fully saturated rings. The Morgan fingerprint density at radius 1 is 0.857 bits per heavy atom. The molecule has 0 bridgehead atoms. The van der Waals surface area contributed by atoms with Gasteiger partial charge < -0.3 is 20.6 Å².